The molecule has 0 unspecified atom stereocenters. The topological polar surface area (TPSA) is 38.9 Å². The van der Waals surface area contributed by atoms with Crippen molar-refractivity contribution in [2.24, 2.45) is 0 Å². The van der Waals surface area contributed by atoms with Crippen LogP contribution in [0.25, 0.3) is 88.5 Å². The number of pyridine rings is 1. The second kappa shape index (κ2) is 12.3. The third kappa shape index (κ3) is 5.15. The lowest BCUT2D eigenvalue weighted by molar-refractivity contribution is 0.501. The van der Waals surface area contributed by atoms with Crippen molar-refractivity contribution in [3.8, 4) is 55.9 Å². The van der Waals surface area contributed by atoms with Crippen molar-refractivity contribution < 1.29 is 4.42 Å². The summed E-state index contributed by atoms with van der Waals surface area (Å²) in [6.07, 6.45) is 0. The van der Waals surface area contributed by atoms with Crippen molar-refractivity contribution in [2.45, 2.75) is 19.8 Å². The molecule has 0 radical (unpaired) electrons. The Morgan fingerprint density at radius 3 is 1.70 bits per heavy atom. The fraction of sp³-hybridized carbons (Fsp3) is 0.0638. The molecule has 9 rings (SSSR count). The molecule has 0 aliphatic carbocycles. The Balaban J connectivity index is 1.34. The van der Waals surface area contributed by atoms with Crippen LogP contribution in [0, 0.1) is 0 Å². The molecule has 0 amide bonds. The predicted molar refractivity (Wildman–Crippen MR) is 208 cm³/mol. The van der Waals surface area contributed by atoms with E-state index in [0.29, 0.717) is 0 Å². The normalized spacial score (nSPS) is 11.6. The quantitative estimate of drug-likeness (QED) is 0.181. The first-order chi connectivity index (χ1) is 24.6. The maximum atomic E-state index is 6.44. The van der Waals surface area contributed by atoms with Gasteiger partial charge in [0.2, 0.25) is 0 Å². The van der Waals surface area contributed by atoms with E-state index in [9.17, 15) is 0 Å². The summed E-state index contributed by atoms with van der Waals surface area (Å²) in [7, 11) is 0. The van der Waals surface area contributed by atoms with Gasteiger partial charge < -0.3 is 4.42 Å². The van der Waals surface area contributed by atoms with E-state index in [-0.39, 0.29) is 5.92 Å². The largest absolute Gasteiger partial charge is 0.440 e. The standard InChI is InChI=1S/C47H34N2O/c1-30(2)47-49-46-40-24-14-13-23-38(40)41(29-44(46)50-47)45-36-21-10-9-15-31(36)25-26-39(45)37-22-12-11-20-35(37)34-27-42(32-16-5-3-6-17-32)48-43(28-34)33-18-7-4-8-19-33/h3-30H,1-2H3. The van der Waals surface area contributed by atoms with E-state index in [0.717, 1.165) is 78.1 Å². The second-order valence-electron chi connectivity index (χ2n) is 13.1. The van der Waals surface area contributed by atoms with Crippen LogP contribution in [0.3, 0.4) is 0 Å². The zero-order valence-electron chi connectivity index (χ0n) is 28.0. The van der Waals surface area contributed by atoms with Gasteiger partial charge in [-0.1, -0.05) is 159 Å². The van der Waals surface area contributed by atoms with E-state index in [1.54, 1.807) is 0 Å². The van der Waals surface area contributed by atoms with Crippen LogP contribution in [-0.4, -0.2) is 9.97 Å². The van der Waals surface area contributed by atoms with Crippen LogP contribution in [0.1, 0.15) is 25.7 Å². The van der Waals surface area contributed by atoms with E-state index in [1.165, 1.54) is 16.3 Å². The zero-order chi connectivity index (χ0) is 33.6. The Labute approximate surface area is 291 Å². The molecule has 0 spiro atoms. The van der Waals surface area contributed by atoms with Gasteiger partial charge in [-0.2, -0.15) is 0 Å². The monoisotopic (exact) mass is 642 g/mol. The first-order valence-electron chi connectivity index (χ1n) is 17.2. The smallest absolute Gasteiger partial charge is 0.198 e. The van der Waals surface area contributed by atoms with Gasteiger partial charge >= 0.3 is 0 Å². The molecule has 3 heteroatoms. The van der Waals surface area contributed by atoms with Crippen LogP contribution in [0.5, 0.6) is 0 Å². The third-order valence-electron chi connectivity index (χ3n) is 9.60. The summed E-state index contributed by atoms with van der Waals surface area (Å²) < 4.78 is 6.44. The summed E-state index contributed by atoms with van der Waals surface area (Å²) in [5, 5.41) is 4.63. The lowest BCUT2D eigenvalue weighted by atomic mass is 9.84. The second-order valence-corrected chi connectivity index (χ2v) is 13.1. The van der Waals surface area contributed by atoms with Crippen LogP contribution >= 0.6 is 0 Å². The first kappa shape index (κ1) is 29.8. The predicted octanol–water partition coefficient (Wildman–Crippen LogP) is 13.0. The minimum atomic E-state index is 0.187. The highest BCUT2D eigenvalue weighted by molar-refractivity contribution is 6.17. The molecule has 0 aliphatic heterocycles. The van der Waals surface area contributed by atoms with Crippen molar-refractivity contribution in [3.05, 3.63) is 170 Å². The molecule has 0 bridgehead atoms. The SMILES string of the molecule is CC(C)c1nc2c(cc(-c3c(-c4ccccc4-c4cc(-c5ccccc5)nc(-c5ccccc5)c4)ccc4ccccc34)c3ccccc32)o1. The van der Waals surface area contributed by atoms with Crippen molar-refractivity contribution >= 4 is 32.6 Å². The Hall–Kier alpha value is -6.32. The Morgan fingerprint density at radius 1 is 0.440 bits per heavy atom. The van der Waals surface area contributed by atoms with Crippen molar-refractivity contribution in [2.75, 3.05) is 0 Å². The van der Waals surface area contributed by atoms with Gasteiger partial charge in [0.05, 0.1) is 11.4 Å². The van der Waals surface area contributed by atoms with Crippen LogP contribution < -0.4 is 0 Å². The molecule has 2 aromatic heterocycles. The number of nitrogens with zero attached hydrogens (tertiary/aromatic N) is 2. The zero-order valence-corrected chi connectivity index (χ0v) is 28.0. The molecule has 3 nitrogen and oxygen atoms in total. The first-order valence-corrected chi connectivity index (χ1v) is 17.2. The van der Waals surface area contributed by atoms with Crippen molar-refractivity contribution in [3.63, 3.8) is 0 Å². The van der Waals surface area contributed by atoms with E-state index in [1.807, 2.05) is 12.1 Å². The molecule has 2 heterocycles. The summed E-state index contributed by atoms with van der Waals surface area (Å²) in [5.74, 6) is 0.943. The average molecular weight is 643 g/mol. The fourth-order valence-corrected chi connectivity index (χ4v) is 7.18. The number of aromatic nitrogens is 2. The summed E-state index contributed by atoms with van der Waals surface area (Å²) in [6, 6.07) is 58.1. The molecule has 9 aromatic rings. The van der Waals surface area contributed by atoms with Gasteiger partial charge in [0.1, 0.15) is 5.52 Å². The lowest BCUT2D eigenvalue weighted by Gasteiger charge is -2.19. The number of hydrogen-bond donors (Lipinski definition) is 0. The van der Waals surface area contributed by atoms with Gasteiger partial charge in [0.25, 0.3) is 0 Å². The molecule has 0 N–H and O–H groups in total. The van der Waals surface area contributed by atoms with Gasteiger partial charge in [-0.05, 0) is 67.7 Å². The molecular weight excluding hydrogens is 609 g/mol. The van der Waals surface area contributed by atoms with Gasteiger partial charge in [-0.15, -0.1) is 0 Å². The van der Waals surface area contributed by atoms with E-state index in [2.05, 4.69) is 166 Å². The Bertz CT molecular complexity index is 2610. The van der Waals surface area contributed by atoms with Gasteiger partial charge in [0.15, 0.2) is 11.5 Å². The number of rotatable bonds is 6. The molecule has 0 saturated carbocycles. The summed E-state index contributed by atoms with van der Waals surface area (Å²) in [4.78, 5) is 10.1. The highest BCUT2D eigenvalue weighted by Gasteiger charge is 2.21. The van der Waals surface area contributed by atoms with E-state index >= 15 is 0 Å². The molecular formula is C47H34N2O. The number of hydrogen-bond acceptors (Lipinski definition) is 3. The summed E-state index contributed by atoms with van der Waals surface area (Å²) in [6.45, 7) is 4.25. The number of oxazole rings is 1. The van der Waals surface area contributed by atoms with Crippen LogP contribution in [0.2, 0.25) is 0 Å². The molecule has 238 valence electrons. The molecule has 50 heavy (non-hydrogen) atoms. The molecule has 0 fully saturated rings. The Morgan fingerprint density at radius 2 is 1.02 bits per heavy atom. The summed E-state index contributed by atoms with van der Waals surface area (Å²) in [5.41, 5.74) is 12.7. The van der Waals surface area contributed by atoms with Gasteiger partial charge in [0, 0.05) is 22.4 Å². The van der Waals surface area contributed by atoms with Crippen LogP contribution in [0.15, 0.2) is 168 Å². The molecule has 0 aliphatic rings. The van der Waals surface area contributed by atoms with Gasteiger partial charge in [-0.3, -0.25) is 0 Å². The molecule has 0 atom stereocenters. The highest BCUT2D eigenvalue weighted by atomic mass is 16.3. The fourth-order valence-electron chi connectivity index (χ4n) is 7.18. The average Bonchev–Trinajstić information content (AvgIpc) is 3.63. The van der Waals surface area contributed by atoms with Crippen molar-refractivity contribution in [1.82, 2.24) is 9.97 Å². The van der Waals surface area contributed by atoms with Crippen LogP contribution in [-0.2, 0) is 0 Å². The Kier molecular flexibility index (Phi) is 7.32. The number of fused-ring (bicyclic) bond motifs is 4. The molecule has 0 saturated heterocycles. The highest BCUT2D eigenvalue weighted by Crippen LogP contribution is 2.46. The third-order valence-corrected chi connectivity index (χ3v) is 9.60. The maximum absolute atomic E-state index is 6.44. The lowest BCUT2D eigenvalue weighted by Crippen LogP contribution is -1.94. The van der Waals surface area contributed by atoms with E-state index < -0.39 is 0 Å². The van der Waals surface area contributed by atoms with E-state index in [4.69, 9.17) is 14.4 Å². The minimum Gasteiger partial charge on any atom is -0.440 e. The van der Waals surface area contributed by atoms with Crippen LogP contribution in [0.4, 0.5) is 0 Å². The summed E-state index contributed by atoms with van der Waals surface area (Å²) >= 11 is 0. The number of benzene rings is 7. The maximum Gasteiger partial charge on any atom is 0.198 e. The molecule has 7 aromatic carbocycles. The van der Waals surface area contributed by atoms with Crippen molar-refractivity contribution in [1.29, 1.82) is 0 Å². The van der Waals surface area contributed by atoms with Gasteiger partial charge in [-0.25, -0.2) is 9.97 Å². The minimum absolute atomic E-state index is 0.187.